The van der Waals surface area contributed by atoms with Crippen LogP contribution in [0.4, 0.5) is 4.39 Å². The minimum Gasteiger partial charge on any atom is -0.572 e. The summed E-state index contributed by atoms with van der Waals surface area (Å²) in [6.07, 6.45) is 0. The molecule has 4 heteroatoms. The monoisotopic (exact) mass is 238 g/mol. The van der Waals surface area contributed by atoms with Gasteiger partial charge in [0.25, 0.3) is 0 Å². The van der Waals surface area contributed by atoms with E-state index in [4.69, 9.17) is 18.1 Å². The first-order valence-electron chi connectivity index (χ1n) is 5.52. The van der Waals surface area contributed by atoms with E-state index >= 15 is 0 Å². The number of halogens is 1. The molecular weight excluding hydrogens is 218 g/mol. The Labute approximate surface area is 104 Å². The van der Waals surface area contributed by atoms with Crippen LogP contribution in [-0.2, 0) is 0 Å². The summed E-state index contributed by atoms with van der Waals surface area (Å²) in [6.45, 7) is 9.32. The average molecular weight is 238 g/mol. The van der Waals surface area contributed by atoms with Crippen LogP contribution in [0.2, 0.25) is 0 Å². The topological polar surface area (TPSA) is 40.5 Å². The predicted octanol–water partition coefficient (Wildman–Crippen LogP) is 2.05. The lowest BCUT2D eigenvalue weighted by Gasteiger charge is -2.21. The Morgan fingerprint density at radius 2 is 1.71 bits per heavy atom. The van der Waals surface area contributed by atoms with Crippen LogP contribution >= 0.6 is 0 Å². The lowest BCUT2D eigenvalue weighted by Crippen LogP contribution is -2.25. The molecule has 2 N–H and O–H groups in total. The third-order valence-corrected chi connectivity index (χ3v) is 2.66. The van der Waals surface area contributed by atoms with Crippen LogP contribution in [-0.4, -0.2) is 23.7 Å². The minimum absolute atomic E-state index is 0.189. The largest absolute Gasteiger partial charge is 0.572 e. The van der Waals surface area contributed by atoms with Crippen molar-refractivity contribution in [1.82, 2.24) is 0 Å². The molecule has 0 bridgehead atoms. The SMILES string of the molecule is CC(C)C(C)(C)O.[B-]c1c(O)cc(C)cc1F. The third-order valence-electron chi connectivity index (χ3n) is 2.66. The second-order valence-corrected chi connectivity index (χ2v) is 4.99. The highest BCUT2D eigenvalue weighted by atomic mass is 19.1. The van der Waals surface area contributed by atoms with Crippen molar-refractivity contribution < 1.29 is 14.6 Å². The lowest BCUT2D eigenvalue weighted by molar-refractivity contribution is 0.0327. The van der Waals surface area contributed by atoms with Gasteiger partial charge in [-0.2, -0.15) is 0 Å². The Balaban J connectivity index is 0.000000325. The van der Waals surface area contributed by atoms with Crippen molar-refractivity contribution in [2.24, 2.45) is 5.92 Å². The van der Waals surface area contributed by atoms with E-state index in [0.29, 0.717) is 11.5 Å². The zero-order valence-corrected chi connectivity index (χ0v) is 11.1. The molecule has 0 aliphatic carbocycles. The number of rotatable bonds is 1. The highest BCUT2D eigenvalue weighted by molar-refractivity contribution is 6.34. The van der Waals surface area contributed by atoms with Crippen molar-refractivity contribution in [3.8, 4) is 5.75 Å². The van der Waals surface area contributed by atoms with E-state index in [0.717, 1.165) is 0 Å². The third kappa shape index (κ3) is 5.73. The lowest BCUT2D eigenvalue weighted by atomic mass is 9.93. The fraction of sp³-hybridized carbons (Fsp3) is 0.538. The van der Waals surface area contributed by atoms with E-state index in [1.807, 2.05) is 27.7 Å². The molecule has 17 heavy (non-hydrogen) atoms. The molecule has 0 spiro atoms. The normalized spacial score (nSPS) is 11.1. The van der Waals surface area contributed by atoms with Crippen molar-refractivity contribution in [3.63, 3.8) is 0 Å². The van der Waals surface area contributed by atoms with Gasteiger partial charge in [0.1, 0.15) is 0 Å². The molecule has 0 fully saturated rings. The van der Waals surface area contributed by atoms with Gasteiger partial charge in [0.05, 0.1) is 17.2 Å². The number of phenols is 1. The van der Waals surface area contributed by atoms with Gasteiger partial charge in [-0.3, -0.25) is 0 Å². The molecule has 0 amide bonds. The molecule has 1 aromatic rings. The molecule has 0 saturated carbocycles. The molecule has 0 unspecified atom stereocenters. The van der Waals surface area contributed by atoms with Crippen molar-refractivity contribution in [3.05, 3.63) is 23.5 Å². The van der Waals surface area contributed by atoms with Gasteiger partial charge in [-0.25, -0.2) is 9.85 Å². The summed E-state index contributed by atoms with van der Waals surface area (Å²) in [7, 11) is 5.13. The predicted molar refractivity (Wildman–Crippen MR) is 69.3 cm³/mol. The smallest absolute Gasteiger partial charge is 0.0829 e. The Bertz CT molecular complexity index is 347. The highest BCUT2D eigenvalue weighted by Crippen LogP contribution is 2.13. The number of aliphatic hydroxyl groups is 1. The molecule has 0 heterocycles. The zero-order chi connectivity index (χ0) is 13.8. The van der Waals surface area contributed by atoms with E-state index in [1.165, 1.54) is 12.1 Å². The van der Waals surface area contributed by atoms with Crippen LogP contribution in [0.5, 0.6) is 5.75 Å². The molecule has 1 rings (SSSR count). The van der Waals surface area contributed by atoms with Crippen LogP contribution in [0.25, 0.3) is 0 Å². The molecular formula is C13H20BFO2-. The van der Waals surface area contributed by atoms with Gasteiger partial charge in [0.2, 0.25) is 0 Å². The summed E-state index contributed by atoms with van der Waals surface area (Å²) < 4.78 is 12.6. The molecule has 3 radical (unpaired) electrons. The van der Waals surface area contributed by atoms with E-state index in [2.05, 4.69) is 0 Å². The Hall–Kier alpha value is -1.03. The average Bonchev–Trinajstić information content (AvgIpc) is 2.13. The number of hydrogen-bond acceptors (Lipinski definition) is 2. The maximum Gasteiger partial charge on any atom is 0.0829 e. The number of aryl methyl sites for hydroxylation is 1. The molecule has 0 aliphatic rings. The first-order valence-corrected chi connectivity index (χ1v) is 5.52. The molecule has 0 aromatic heterocycles. The van der Waals surface area contributed by atoms with Crippen LogP contribution in [0, 0.1) is 18.7 Å². The van der Waals surface area contributed by atoms with E-state index in [-0.39, 0.29) is 11.2 Å². The number of aromatic hydroxyl groups is 1. The maximum atomic E-state index is 12.6. The van der Waals surface area contributed by atoms with Crippen LogP contribution in [0.15, 0.2) is 12.1 Å². The van der Waals surface area contributed by atoms with Crippen molar-refractivity contribution >= 4 is 13.3 Å². The van der Waals surface area contributed by atoms with Gasteiger partial charge in [-0.1, -0.05) is 13.8 Å². The quantitative estimate of drug-likeness (QED) is 0.735. The Morgan fingerprint density at radius 1 is 1.29 bits per heavy atom. The molecule has 0 saturated heterocycles. The molecule has 0 atom stereocenters. The summed E-state index contributed by atoms with van der Waals surface area (Å²) in [5, 5.41) is 18.0. The Morgan fingerprint density at radius 3 is 2.00 bits per heavy atom. The number of hydrogen-bond donors (Lipinski definition) is 2. The molecule has 1 aromatic carbocycles. The maximum absolute atomic E-state index is 12.6. The summed E-state index contributed by atoms with van der Waals surface area (Å²) in [4.78, 5) is 0. The molecule has 95 valence electrons. The van der Waals surface area contributed by atoms with Gasteiger partial charge in [0.15, 0.2) is 0 Å². The van der Waals surface area contributed by atoms with Crippen LogP contribution in [0.1, 0.15) is 33.3 Å². The highest BCUT2D eigenvalue weighted by Gasteiger charge is 2.16. The first kappa shape index (κ1) is 16.0. The summed E-state index contributed by atoms with van der Waals surface area (Å²) in [6, 6.07) is 2.69. The van der Waals surface area contributed by atoms with Gasteiger partial charge in [0, 0.05) is 0 Å². The summed E-state index contributed by atoms with van der Waals surface area (Å²) in [5.41, 5.74) is -0.0326. The van der Waals surface area contributed by atoms with Crippen molar-refractivity contribution in [1.29, 1.82) is 0 Å². The minimum atomic E-state index is -0.572. The zero-order valence-electron chi connectivity index (χ0n) is 11.1. The van der Waals surface area contributed by atoms with Gasteiger partial charge < -0.3 is 18.1 Å². The second kappa shape index (κ2) is 6.06. The Kier molecular flexibility index (Phi) is 5.69. The van der Waals surface area contributed by atoms with Gasteiger partial charge >= 0.3 is 0 Å². The van der Waals surface area contributed by atoms with Crippen LogP contribution < -0.4 is 5.46 Å². The van der Waals surface area contributed by atoms with Crippen LogP contribution in [0.3, 0.4) is 0 Å². The van der Waals surface area contributed by atoms with E-state index < -0.39 is 11.4 Å². The van der Waals surface area contributed by atoms with Gasteiger partial charge in [-0.15, -0.1) is 0 Å². The molecule has 0 aliphatic heterocycles. The fourth-order valence-corrected chi connectivity index (χ4v) is 0.735. The fourth-order valence-electron chi connectivity index (χ4n) is 0.735. The number of benzene rings is 1. The van der Waals surface area contributed by atoms with E-state index in [9.17, 15) is 4.39 Å². The first-order chi connectivity index (χ1) is 7.55. The number of phenolic OH excluding ortho intramolecular Hbond substituents is 1. The van der Waals surface area contributed by atoms with Crippen molar-refractivity contribution in [2.75, 3.05) is 0 Å². The van der Waals surface area contributed by atoms with Crippen molar-refractivity contribution in [2.45, 2.75) is 40.2 Å². The summed E-state index contributed by atoms with van der Waals surface area (Å²) in [5.74, 6) is -0.414. The summed E-state index contributed by atoms with van der Waals surface area (Å²) >= 11 is 0. The van der Waals surface area contributed by atoms with Gasteiger partial charge in [-0.05, 0) is 44.4 Å². The standard InChI is InChI=1S/C7H6BFO.C6H14O/c1-4-2-5(9)7(8)6(10)3-4;1-5(2)6(3,4)7/h2-3,10H,1H3;5,7H,1-4H3/q-1;. The van der Waals surface area contributed by atoms with E-state index in [1.54, 1.807) is 6.92 Å². The molecule has 2 nitrogen and oxygen atoms in total. The second-order valence-electron chi connectivity index (χ2n) is 4.99.